The number of amides is 1. The Morgan fingerprint density at radius 3 is 2.43 bits per heavy atom. The standard InChI is InChI=1S/C17H27N3O/c18-10-5-11-19-12-14-20(15-13-19)17(21)9-4-8-16-6-2-1-3-7-16/h1-3,6-7H,4-5,8-15,18H2. The van der Waals surface area contributed by atoms with Crippen molar-refractivity contribution < 1.29 is 4.79 Å². The zero-order valence-electron chi connectivity index (χ0n) is 12.8. The van der Waals surface area contributed by atoms with E-state index in [4.69, 9.17) is 5.73 Å². The fourth-order valence-electron chi connectivity index (χ4n) is 2.78. The van der Waals surface area contributed by atoms with Crippen molar-refractivity contribution >= 4 is 5.91 Å². The van der Waals surface area contributed by atoms with Crippen LogP contribution < -0.4 is 5.73 Å². The third-order valence-electron chi connectivity index (χ3n) is 4.10. The Hall–Kier alpha value is -1.39. The van der Waals surface area contributed by atoms with Crippen LogP contribution in [0.4, 0.5) is 0 Å². The summed E-state index contributed by atoms with van der Waals surface area (Å²) in [5, 5.41) is 0. The van der Waals surface area contributed by atoms with E-state index in [2.05, 4.69) is 29.2 Å². The number of benzene rings is 1. The molecule has 0 bridgehead atoms. The van der Waals surface area contributed by atoms with Crippen LogP contribution in [0, 0.1) is 0 Å². The Labute approximate surface area is 127 Å². The molecule has 4 heteroatoms. The number of carbonyl (C=O) groups is 1. The van der Waals surface area contributed by atoms with E-state index in [1.807, 2.05) is 11.0 Å². The van der Waals surface area contributed by atoms with Gasteiger partial charge >= 0.3 is 0 Å². The number of piperazine rings is 1. The maximum atomic E-state index is 12.2. The molecule has 0 aromatic heterocycles. The summed E-state index contributed by atoms with van der Waals surface area (Å²) in [7, 11) is 0. The fourth-order valence-corrected chi connectivity index (χ4v) is 2.78. The number of rotatable bonds is 7. The topological polar surface area (TPSA) is 49.6 Å². The zero-order valence-corrected chi connectivity index (χ0v) is 12.8. The summed E-state index contributed by atoms with van der Waals surface area (Å²) >= 11 is 0. The average molecular weight is 289 g/mol. The molecular weight excluding hydrogens is 262 g/mol. The maximum absolute atomic E-state index is 12.2. The third-order valence-corrected chi connectivity index (χ3v) is 4.10. The number of nitrogens with two attached hydrogens (primary N) is 1. The highest BCUT2D eigenvalue weighted by Gasteiger charge is 2.20. The van der Waals surface area contributed by atoms with Gasteiger partial charge in [-0.05, 0) is 37.9 Å². The summed E-state index contributed by atoms with van der Waals surface area (Å²) < 4.78 is 0. The molecule has 0 radical (unpaired) electrons. The molecule has 1 aromatic rings. The molecule has 1 aromatic carbocycles. The van der Waals surface area contributed by atoms with Gasteiger partial charge in [0.25, 0.3) is 0 Å². The van der Waals surface area contributed by atoms with Crippen LogP contribution in [0.25, 0.3) is 0 Å². The zero-order chi connectivity index (χ0) is 14.9. The van der Waals surface area contributed by atoms with Gasteiger partial charge in [-0.3, -0.25) is 9.69 Å². The molecule has 0 spiro atoms. The lowest BCUT2D eigenvalue weighted by molar-refractivity contribution is -0.133. The SMILES string of the molecule is NCCCN1CCN(C(=O)CCCc2ccccc2)CC1. The summed E-state index contributed by atoms with van der Waals surface area (Å²) in [6, 6.07) is 10.4. The van der Waals surface area contributed by atoms with E-state index in [0.29, 0.717) is 12.3 Å². The summed E-state index contributed by atoms with van der Waals surface area (Å²) in [6.07, 6.45) is 3.64. The number of carbonyl (C=O) groups excluding carboxylic acids is 1. The van der Waals surface area contributed by atoms with Gasteiger partial charge in [0.15, 0.2) is 0 Å². The summed E-state index contributed by atoms with van der Waals surface area (Å²) in [6.45, 7) is 5.53. The number of hydrogen-bond acceptors (Lipinski definition) is 3. The normalized spacial score (nSPS) is 16.1. The third kappa shape index (κ3) is 5.48. The van der Waals surface area contributed by atoms with Crippen LogP contribution >= 0.6 is 0 Å². The highest BCUT2D eigenvalue weighted by molar-refractivity contribution is 5.76. The van der Waals surface area contributed by atoms with Crippen molar-refractivity contribution in [2.45, 2.75) is 25.7 Å². The van der Waals surface area contributed by atoms with Crippen LogP contribution in [-0.2, 0) is 11.2 Å². The molecule has 21 heavy (non-hydrogen) atoms. The van der Waals surface area contributed by atoms with Gasteiger partial charge in [0.2, 0.25) is 5.91 Å². The van der Waals surface area contributed by atoms with Crippen LogP contribution in [0.5, 0.6) is 0 Å². The quantitative estimate of drug-likeness (QED) is 0.827. The largest absolute Gasteiger partial charge is 0.340 e. The predicted molar refractivity (Wildman–Crippen MR) is 86.1 cm³/mol. The maximum Gasteiger partial charge on any atom is 0.222 e. The molecule has 1 aliphatic heterocycles. The summed E-state index contributed by atoms with van der Waals surface area (Å²) in [5.41, 5.74) is 6.85. The highest BCUT2D eigenvalue weighted by atomic mass is 16.2. The molecule has 1 heterocycles. The van der Waals surface area contributed by atoms with Crippen molar-refractivity contribution in [2.75, 3.05) is 39.3 Å². The molecular formula is C17H27N3O. The molecule has 0 saturated carbocycles. The highest BCUT2D eigenvalue weighted by Crippen LogP contribution is 2.09. The van der Waals surface area contributed by atoms with Crippen molar-refractivity contribution in [1.29, 1.82) is 0 Å². The minimum atomic E-state index is 0.310. The summed E-state index contributed by atoms with van der Waals surface area (Å²) in [4.78, 5) is 16.6. The second kappa shape index (κ2) is 8.80. The Bertz CT molecular complexity index is 413. The first kappa shape index (κ1) is 16.0. The van der Waals surface area contributed by atoms with Crippen molar-refractivity contribution in [2.24, 2.45) is 5.73 Å². The van der Waals surface area contributed by atoms with E-state index in [-0.39, 0.29) is 0 Å². The molecule has 0 aliphatic carbocycles. The van der Waals surface area contributed by atoms with Crippen LogP contribution in [0.3, 0.4) is 0 Å². The Balaban J connectivity index is 1.63. The van der Waals surface area contributed by atoms with Gasteiger partial charge in [0, 0.05) is 32.6 Å². The van der Waals surface area contributed by atoms with Gasteiger partial charge in [-0.15, -0.1) is 0 Å². The molecule has 1 aliphatic rings. The molecule has 0 atom stereocenters. The van der Waals surface area contributed by atoms with Crippen LogP contribution in [0.1, 0.15) is 24.8 Å². The van der Waals surface area contributed by atoms with Crippen LogP contribution in [-0.4, -0.2) is 55.0 Å². The van der Waals surface area contributed by atoms with Crippen LogP contribution in [0.2, 0.25) is 0 Å². The van der Waals surface area contributed by atoms with E-state index < -0.39 is 0 Å². The van der Waals surface area contributed by atoms with E-state index in [1.165, 1.54) is 5.56 Å². The average Bonchev–Trinajstić information content (AvgIpc) is 2.54. The second-order valence-electron chi connectivity index (χ2n) is 5.70. The first-order valence-corrected chi connectivity index (χ1v) is 8.03. The smallest absolute Gasteiger partial charge is 0.222 e. The lowest BCUT2D eigenvalue weighted by Gasteiger charge is -2.34. The molecule has 2 N–H and O–H groups in total. The van der Waals surface area contributed by atoms with Crippen molar-refractivity contribution in [3.05, 3.63) is 35.9 Å². The first-order valence-electron chi connectivity index (χ1n) is 8.03. The predicted octanol–water partition coefficient (Wildman–Crippen LogP) is 1.50. The van der Waals surface area contributed by atoms with Crippen molar-refractivity contribution in [3.63, 3.8) is 0 Å². The molecule has 1 fully saturated rings. The van der Waals surface area contributed by atoms with Crippen molar-refractivity contribution in [3.8, 4) is 0 Å². The number of nitrogens with zero attached hydrogens (tertiary/aromatic N) is 2. The van der Waals surface area contributed by atoms with Crippen molar-refractivity contribution in [1.82, 2.24) is 9.80 Å². The minimum Gasteiger partial charge on any atom is -0.340 e. The molecule has 0 unspecified atom stereocenters. The number of hydrogen-bond donors (Lipinski definition) is 1. The molecule has 2 rings (SSSR count). The van der Waals surface area contributed by atoms with Crippen LogP contribution in [0.15, 0.2) is 30.3 Å². The Morgan fingerprint density at radius 2 is 1.76 bits per heavy atom. The molecule has 1 amide bonds. The Morgan fingerprint density at radius 1 is 1.05 bits per heavy atom. The van der Waals surface area contributed by atoms with E-state index in [0.717, 1.165) is 58.5 Å². The second-order valence-corrected chi connectivity index (χ2v) is 5.70. The van der Waals surface area contributed by atoms with Gasteiger partial charge in [-0.25, -0.2) is 0 Å². The molecule has 116 valence electrons. The van der Waals surface area contributed by atoms with Gasteiger partial charge in [-0.2, -0.15) is 0 Å². The van der Waals surface area contributed by atoms with Gasteiger partial charge in [0.05, 0.1) is 0 Å². The molecule has 4 nitrogen and oxygen atoms in total. The summed E-state index contributed by atoms with van der Waals surface area (Å²) in [5.74, 6) is 0.310. The van der Waals surface area contributed by atoms with Gasteiger partial charge in [0.1, 0.15) is 0 Å². The lowest BCUT2D eigenvalue weighted by Crippen LogP contribution is -2.49. The first-order chi connectivity index (χ1) is 10.3. The minimum absolute atomic E-state index is 0.310. The van der Waals surface area contributed by atoms with E-state index in [1.54, 1.807) is 0 Å². The fraction of sp³-hybridized carbons (Fsp3) is 0.588. The van der Waals surface area contributed by atoms with E-state index in [9.17, 15) is 4.79 Å². The lowest BCUT2D eigenvalue weighted by atomic mass is 10.1. The number of aryl methyl sites for hydroxylation is 1. The van der Waals surface area contributed by atoms with Gasteiger partial charge in [-0.1, -0.05) is 30.3 Å². The monoisotopic (exact) mass is 289 g/mol. The van der Waals surface area contributed by atoms with Gasteiger partial charge < -0.3 is 10.6 Å². The Kier molecular flexibility index (Phi) is 6.70. The molecule has 1 saturated heterocycles. The van der Waals surface area contributed by atoms with E-state index >= 15 is 0 Å².